The molecule has 1 aromatic carbocycles. The van der Waals surface area contributed by atoms with Crippen molar-refractivity contribution in [2.75, 3.05) is 45.9 Å². The first-order chi connectivity index (χ1) is 12.7. The molecule has 144 valence electrons. The lowest BCUT2D eigenvalue weighted by Gasteiger charge is -2.37. The van der Waals surface area contributed by atoms with Crippen molar-refractivity contribution in [2.24, 2.45) is 4.99 Å². The van der Waals surface area contributed by atoms with Crippen molar-refractivity contribution in [1.29, 1.82) is 0 Å². The summed E-state index contributed by atoms with van der Waals surface area (Å²) in [6.07, 6.45) is 1.20. The molecule has 2 heterocycles. The van der Waals surface area contributed by atoms with Crippen LogP contribution in [0.2, 0.25) is 0 Å². The topological polar surface area (TPSA) is 40.1 Å². The summed E-state index contributed by atoms with van der Waals surface area (Å²) in [5.74, 6) is 1.68. The number of ether oxygens (including phenoxy) is 1. The van der Waals surface area contributed by atoms with Crippen LogP contribution in [0.4, 0.5) is 0 Å². The van der Waals surface area contributed by atoms with Gasteiger partial charge in [0.25, 0.3) is 0 Å². The summed E-state index contributed by atoms with van der Waals surface area (Å²) in [6.45, 7) is 13.2. The lowest BCUT2D eigenvalue weighted by atomic mass is 9.99. The molecule has 0 aliphatic carbocycles. The highest BCUT2D eigenvalue weighted by molar-refractivity contribution is 5.80. The molecule has 2 saturated heterocycles. The highest BCUT2D eigenvalue weighted by Crippen LogP contribution is 2.26. The second-order valence-electron chi connectivity index (χ2n) is 7.55. The van der Waals surface area contributed by atoms with Crippen LogP contribution in [0.1, 0.15) is 38.7 Å². The number of aliphatic imine (C=N–C) groups is 1. The Morgan fingerprint density at radius 3 is 2.85 bits per heavy atom. The van der Waals surface area contributed by atoms with E-state index in [9.17, 15) is 0 Å². The molecule has 2 aliphatic rings. The maximum atomic E-state index is 5.56. The van der Waals surface area contributed by atoms with Gasteiger partial charge in [0.1, 0.15) is 0 Å². The fourth-order valence-electron chi connectivity index (χ4n) is 4.09. The molecule has 0 radical (unpaired) electrons. The van der Waals surface area contributed by atoms with E-state index in [1.165, 1.54) is 12.0 Å². The number of rotatable bonds is 5. The molecule has 2 aliphatic heterocycles. The third-order valence-electron chi connectivity index (χ3n) is 5.58. The monoisotopic (exact) mass is 358 g/mol. The number of benzene rings is 1. The molecular formula is C21H34N4O. The van der Waals surface area contributed by atoms with Crippen LogP contribution < -0.4 is 5.32 Å². The van der Waals surface area contributed by atoms with Gasteiger partial charge in [0.15, 0.2) is 5.96 Å². The molecule has 26 heavy (non-hydrogen) atoms. The van der Waals surface area contributed by atoms with Gasteiger partial charge in [0, 0.05) is 44.2 Å². The predicted molar refractivity (Wildman–Crippen MR) is 108 cm³/mol. The van der Waals surface area contributed by atoms with Gasteiger partial charge in [0.2, 0.25) is 0 Å². The minimum absolute atomic E-state index is 0.440. The second kappa shape index (κ2) is 9.38. The Hall–Kier alpha value is -1.59. The molecule has 3 unspecified atom stereocenters. The Kier molecular flexibility index (Phi) is 6.92. The number of nitrogens with zero attached hydrogens (tertiary/aromatic N) is 3. The zero-order valence-corrected chi connectivity index (χ0v) is 16.5. The zero-order chi connectivity index (χ0) is 18.4. The van der Waals surface area contributed by atoms with Crippen LogP contribution in [0.5, 0.6) is 0 Å². The van der Waals surface area contributed by atoms with E-state index in [0.717, 1.165) is 51.9 Å². The van der Waals surface area contributed by atoms with Crippen LogP contribution >= 0.6 is 0 Å². The van der Waals surface area contributed by atoms with Gasteiger partial charge in [-0.3, -0.25) is 9.89 Å². The van der Waals surface area contributed by atoms with Gasteiger partial charge in [-0.15, -0.1) is 0 Å². The van der Waals surface area contributed by atoms with Gasteiger partial charge in [-0.1, -0.05) is 30.3 Å². The highest BCUT2D eigenvalue weighted by atomic mass is 16.5. The van der Waals surface area contributed by atoms with E-state index in [2.05, 4.69) is 66.2 Å². The van der Waals surface area contributed by atoms with Gasteiger partial charge < -0.3 is 15.0 Å². The molecular weight excluding hydrogens is 324 g/mol. The Morgan fingerprint density at radius 1 is 1.31 bits per heavy atom. The molecule has 5 nitrogen and oxygen atoms in total. The third kappa shape index (κ3) is 4.77. The number of morpholine rings is 1. The fraction of sp³-hybridized carbons (Fsp3) is 0.667. The van der Waals surface area contributed by atoms with Crippen LogP contribution in [0, 0.1) is 0 Å². The summed E-state index contributed by atoms with van der Waals surface area (Å²) in [6, 6.07) is 11.8. The maximum Gasteiger partial charge on any atom is 0.193 e. The first-order valence-corrected chi connectivity index (χ1v) is 10.1. The number of nitrogens with one attached hydrogen (secondary N) is 1. The van der Waals surface area contributed by atoms with E-state index in [1.807, 2.05) is 0 Å². The second-order valence-corrected chi connectivity index (χ2v) is 7.55. The molecule has 3 atom stereocenters. The summed E-state index contributed by atoms with van der Waals surface area (Å²) in [5.41, 5.74) is 1.45. The quantitative estimate of drug-likeness (QED) is 0.649. The molecule has 0 bridgehead atoms. The van der Waals surface area contributed by atoms with Crippen LogP contribution in [-0.2, 0) is 4.74 Å². The van der Waals surface area contributed by atoms with E-state index < -0.39 is 0 Å². The third-order valence-corrected chi connectivity index (χ3v) is 5.58. The molecule has 0 aromatic heterocycles. The molecule has 1 aromatic rings. The molecule has 3 rings (SSSR count). The smallest absolute Gasteiger partial charge is 0.193 e. The van der Waals surface area contributed by atoms with Crippen LogP contribution in [0.25, 0.3) is 0 Å². The van der Waals surface area contributed by atoms with Gasteiger partial charge in [-0.25, -0.2) is 0 Å². The standard InChI is InChI=1S/C21H34N4O/c1-4-22-21(23-14-17(2)25-12-13-26-16-18(25)3)24-11-10-20(15-24)19-8-6-5-7-9-19/h5-9,17-18,20H,4,10-16H2,1-3H3,(H,22,23). The largest absolute Gasteiger partial charge is 0.379 e. The van der Waals surface area contributed by atoms with Gasteiger partial charge >= 0.3 is 0 Å². The summed E-state index contributed by atoms with van der Waals surface area (Å²) < 4.78 is 5.56. The highest BCUT2D eigenvalue weighted by Gasteiger charge is 2.27. The minimum Gasteiger partial charge on any atom is -0.379 e. The molecule has 5 heteroatoms. The molecule has 1 N–H and O–H groups in total. The minimum atomic E-state index is 0.440. The SMILES string of the molecule is CCNC(=NCC(C)N1CCOCC1C)N1CCC(c2ccccc2)C1. The van der Waals surface area contributed by atoms with E-state index in [0.29, 0.717) is 18.0 Å². The first kappa shape index (κ1) is 19.2. The van der Waals surface area contributed by atoms with E-state index in [-0.39, 0.29) is 0 Å². The van der Waals surface area contributed by atoms with Crippen LogP contribution in [0.3, 0.4) is 0 Å². The Labute approximate surface area is 158 Å². The van der Waals surface area contributed by atoms with E-state index in [4.69, 9.17) is 9.73 Å². The van der Waals surface area contributed by atoms with Crippen molar-refractivity contribution in [3.05, 3.63) is 35.9 Å². The summed E-state index contributed by atoms with van der Waals surface area (Å²) in [4.78, 5) is 9.93. The van der Waals surface area contributed by atoms with Crippen molar-refractivity contribution >= 4 is 5.96 Å². The summed E-state index contributed by atoms with van der Waals surface area (Å²) in [5, 5.41) is 3.50. The molecule has 0 saturated carbocycles. The predicted octanol–water partition coefficient (Wildman–Crippen LogP) is 2.55. The van der Waals surface area contributed by atoms with E-state index >= 15 is 0 Å². The molecule has 2 fully saturated rings. The number of hydrogen-bond acceptors (Lipinski definition) is 3. The van der Waals surface area contributed by atoms with Gasteiger partial charge in [-0.2, -0.15) is 0 Å². The van der Waals surface area contributed by atoms with Crippen molar-refractivity contribution in [3.63, 3.8) is 0 Å². The summed E-state index contributed by atoms with van der Waals surface area (Å²) in [7, 11) is 0. The zero-order valence-electron chi connectivity index (χ0n) is 16.5. The van der Waals surface area contributed by atoms with Crippen molar-refractivity contribution in [3.8, 4) is 0 Å². The molecule has 0 spiro atoms. The van der Waals surface area contributed by atoms with Crippen LogP contribution in [-0.4, -0.2) is 73.8 Å². The average Bonchev–Trinajstić information content (AvgIpc) is 3.16. The summed E-state index contributed by atoms with van der Waals surface area (Å²) >= 11 is 0. The average molecular weight is 359 g/mol. The Balaban J connectivity index is 1.60. The van der Waals surface area contributed by atoms with Crippen molar-refractivity contribution in [2.45, 2.75) is 45.2 Å². The van der Waals surface area contributed by atoms with E-state index in [1.54, 1.807) is 0 Å². The lowest BCUT2D eigenvalue weighted by Crippen LogP contribution is -2.49. The first-order valence-electron chi connectivity index (χ1n) is 10.1. The normalized spacial score (nSPS) is 26.1. The fourth-order valence-corrected chi connectivity index (χ4v) is 4.09. The molecule has 0 amide bonds. The number of guanidine groups is 1. The Morgan fingerprint density at radius 2 is 2.12 bits per heavy atom. The van der Waals surface area contributed by atoms with Crippen molar-refractivity contribution in [1.82, 2.24) is 15.1 Å². The van der Waals surface area contributed by atoms with Gasteiger partial charge in [-0.05, 0) is 32.8 Å². The van der Waals surface area contributed by atoms with Crippen LogP contribution in [0.15, 0.2) is 35.3 Å². The van der Waals surface area contributed by atoms with Crippen molar-refractivity contribution < 1.29 is 4.74 Å². The van der Waals surface area contributed by atoms with Gasteiger partial charge in [0.05, 0.1) is 19.8 Å². The maximum absolute atomic E-state index is 5.56. The lowest BCUT2D eigenvalue weighted by molar-refractivity contribution is -0.0166. The number of hydrogen-bond donors (Lipinski definition) is 1. The Bertz CT molecular complexity index is 577. The number of likely N-dealkylation sites (tertiary alicyclic amines) is 1.